The Kier molecular flexibility index (Phi) is 8.00. The van der Waals surface area contributed by atoms with Gasteiger partial charge in [0.1, 0.15) is 5.60 Å². The maximum absolute atomic E-state index is 12.1. The van der Waals surface area contributed by atoms with Crippen LogP contribution >= 0.6 is 0 Å². The number of rotatable bonds is 9. The minimum absolute atomic E-state index is 0.219. The first-order valence-corrected chi connectivity index (χ1v) is 9.50. The summed E-state index contributed by atoms with van der Waals surface area (Å²) in [7, 11) is 0. The van der Waals surface area contributed by atoms with Crippen LogP contribution in [-0.4, -0.2) is 55.0 Å². The molecule has 0 saturated heterocycles. The predicted molar refractivity (Wildman–Crippen MR) is 98.3 cm³/mol. The summed E-state index contributed by atoms with van der Waals surface area (Å²) in [6, 6.07) is 0.510. The van der Waals surface area contributed by atoms with Gasteiger partial charge < -0.3 is 19.7 Å². The molecule has 5 heteroatoms. The molecule has 1 N–H and O–H groups in total. The molecule has 1 aliphatic rings. The zero-order valence-electron chi connectivity index (χ0n) is 16.8. The van der Waals surface area contributed by atoms with E-state index in [2.05, 4.69) is 26.1 Å². The molecule has 0 heterocycles. The molecule has 3 atom stereocenters. The van der Waals surface area contributed by atoms with Gasteiger partial charge in [-0.15, -0.1) is 0 Å². The Morgan fingerprint density at radius 3 is 2.46 bits per heavy atom. The van der Waals surface area contributed by atoms with E-state index in [1.807, 2.05) is 27.7 Å². The molecule has 0 spiro atoms. The molecule has 1 amide bonds. The predicted octanol–water partition coefficient (Wildman–Crippen LogP) is 3.82. The van der Waals surface area contributed by atoms with Gasteiger partial charge in [-0.05, 0) is 60.4 Å². The molecule has 1 fully saturated rings. The van der Waals surface area contributed by atoms with Crippen molar-refractivity contribution in [3.8, 4) is 0 Å². The average Bonchev–Trinajstić information content (AvgIpc) is 2.50. The van der Waals surface area contributed by atoms with Gasteiger partial charge in [0.2, 0.25) is 0 Å². The van der Waals surface area contributed by atoms with Gasteiger partial charge in [0.15, 0.2) is 0 Å². The number of carbonyl (C=O) groups excluding carboxylic acids is 1. The van der Waals surface area contributed by atoms with Crippen LogP contribution in [0.2, 0.25) is 0 Å². The van der Waals surface area contributed by atoms with Crippen LogP contribution in [0.5, 0.6) is 0 Å². The third-order valence-corrected chi connectivity index (χ3v) is 5.14. The fourth-order valence-corrected chi connectivity index (χ4v) is 3.32. The second kappa shape index (κ2) is 9.04. The summed E-state index contributed by atoms with van der Waals surface area (Å²) >= 11 is 0. The van der Waals surface area contributed by atoms with Gasteiger partial charge in [0.05, 0.1) is 6.10 Å². The third kappa shape index (κ3) is 5.62. The molecule has 1 aliphatic carbocycles. The molecule has 3 unspecified atom stereocenters. The zero-order chi connectivity index (χ0) is 18.4. The summed E-state index contributed by atoms with van der Waals surface area (Å²) in [4.78, 5) is 13.9. The highest BCUT2D eigenvalue weighted by molar-refractivity contribution is 5.68. The Morgan fingerprint density at radius 1 is 1.29 bits per heavy atom. The smallest absolute Gasteiger partial charge is 0.410 e. The molecule has 0 aliphatic heterocycles. The lowest BCUT2D eigenvalue weighted by Crippen LogP contribution is -2.62. The molecular formula is C19H38N2O3. The Bertz CT molecular complexity index is 395. The summed E-state index contributed by atoms with van der Waals surface area (Å²) in [5.41, 5.74) is -0.211. The Morgan fingerprint density at radius 2 is 1.96 bits per heavy atom. The summed E-state index contributed by atoms with van der Waals surface area (Å²) in [6.07, 6.45) is 3.29. The van der Waals surface area contributed by atoms with Crippen LogP contribution < -0.4 is 5.32 Å². The highest BCUT2D eigenvalue weighted by Crippen LogP contribution is 2.45. The van der Waals surface area contributed by atoms with Crippen molar-refractivity contribution in [1.29, 1.82) is 0 Å². The molecule has 142 valence electrons. The van der Waals surface area contributed by atoms with Gasteiger partial charge in [-0.3, -0.25) is 0 Å². The molecule has 0 bridgehead atoms. The van der Waals surface area contributed by atoms with E-state index in [0.717, 1.165) is 39.0 Å². The first kappa shape index (κ1) is 21.2. The van der Waals surface area contributed by atoms with Gasteiger partial charge >= 0.3 is 6.09 Å². The van der Waals surface area contributed by atoms with Crippen molar-refractivity contribution in [3.63, 3.8) is 0 Å². The van der Waals surface area contributed by atoms with Crippen molar-refractivity contribution in [3.05, 3.63) is 0 Å². The lowest BCUT2D eigenvalue weighted by Gasteiger charge is -2.54. The van der Waals surface area contributed by atoms with E-state index < -0.39 is 5.60 Å². The average molecular weight is 343 g/mol. The number of nitrogens with one attached hydrogen (secondary N) is 1. The van der Waals surface area contributed by atoms with Crippen LogP contribution in [0.1, 0.15) is 67.7 Å². The highest BCUT2D eigenvalue weighted by atomic mass is 16.6. The van der Waals surface area contributed by atoms with Crippen molar-refractivity contribution < 1.29 is 14.3 Å². The molecule has 0 radical (unpaired) electrons. The van der Waals surface area contributed by atoms with E-state index in [0.29, 0.717) is 18.7 Å². The minimum Gasteiger partial charge on any atom is -0.444 e. The first-order valence-electron chi connectivity index (χ1n) is 9.50. The lowest BCUT2D eigenvalue weighted by atomic mass is 9.61. The van der Waals surface area contributed by atoms with Crippen LogP contribution in [0.3, 0.4) is 0 Å². The SMILES string of the molecule is CCOC1CC(NCCCN(CC)C(=O)OC(C)(C)C)C1(C)CC. The maximum atomic E-state index is 12.1. The molecule has 5 nitrogen and oxygen atoms in total. The number of hydrogen-bond acceptors (Lipinski definition) is 4. The van der Waals surface area contributed by atoms with E-state index in [4.69, 9.17) is 9.47 Å². The topological polar surface area (TPSA) is 50.8 Å². The first-order chi connectivity index (χ1) is 11.2. The van der Waals surface area contributed by atoms with E-state index in [1.165, 1.54) is 0 Å². The van der Waals surface area contributed by atoms with E-state index in [1.54, 1.807) is 4.90 Å². The number of hydrogen-bond donors (Lipinski definition) is 1. The molecule has 24 heavy (non-hydrogen) atoms. The van der Waals surface area contributed by atoms with Crippen LogP contribution in [-0.2, 0) is 9.47 Å². The van der Waals surface area contributed by atoms with Crippen molar-refractivity contribution >= 4 is 6.09 Å². The van der Waals surface area contributed by atoms with Crippen molar-refractivity contribution in [2.45, 2.75) is 85.5 Å². The largest absolute Gasteiger partial charge is 0.444 e. The summed E-state index contributed by atoms with van der Waals surface area (Å²) in [6.45, 7) is 17.4. The molecule has 0 aromatic carbocycles. The summed E-state index contributed by atoms with van der Waals surface area (Å²) < 4.78 is 11.3. The van der Waals surface area contributed by atoms with Crippen molar-refractivity contribution in [2.24, 2.45) is 5.41 Å². The Balaban J connectivity index is 2.33. The number of amides is 1. The fourth-order valence-electron chi connectivity index (χ4n) is 3.32. The summed E-state index contributed by atoms with van der Waals surface area (Å²) in [5, 5.41) is 3.66. The Labute approximate surface area is 148 Å². The second-order valence-corrected chi connectivity index (χ2v) is 7.96. The fraction of sp³-hybridized carbons (Fsp3) is 0.947. The quantitative estimate of drug-likeness (QED) is 0.647. The minimum atomic E-state index is -0.439. The third-order valence-electron chi connectivity index (χ3n) is 5.14. The van der Waals surface area contributed by atoms with Gasteiger partial charge in [0.25, 0.3) is 0 Å². The maximum Gasteiger partial charge on any atom is 0.410 e. The van der Waals surface area contributed by atoms with Crippen LogP contribution in [0.4, 0.5) is 4.79 Å². The molecule has 1 rings (SSSR count). The van der Waals surface area contributed by atoms with Crippen LogP contribution in [0.15, 0.2) is 0 Å². The number of ether oxygens (including phenoxy) is 2. The van der Waals surface area contributed by atoms with Crippen LogP contribution in [0, 0.1) is 5.41 Å². The molecule has 0 aromatic rings. The van der Waals surface area contributed by atoms with Crippen molar-refractivity contribution in [1.82, 2.24) is 10.2 Å². The molecule has 0 aromatic heterocycles. The van der Waals surface area contributed by atoms with E-state index in [-0.39, 0.29) is 11.5 Å². The number of carbonyl (C=O) groups is 1. The zero-order valence-corrected chi connectivity index (χ0v) is 16.8. The van der Waals surface area contributed by atoms with E-state index >= 15 is 0 Å². The standard InChI is InChI=1S/C19H38N2O3/c1-8-19(7)15(14-16(19)23-10-3)20-12-11-13-21(9-2)17(22)24-18(4,5)6/h15-16,20H,8-14H2,1-7H3. The second-order valence-electron chi connectivity index (χ2n) is 7.96. The number of nitrogens with zero attached hydrogens (tertiary/aromatic N) is 1. The monoisotopic (exact) mass is 342 g/mol. The van der Waals surface area contributed by atoms with Crippen LogP contribution in [0.25, 0.3) is 0 Å². The van der Waals surface area contributed by atoms with Gasteiger partial charge in [-0.2, -0.15) is 0 Å². The Hall–Kier alpha value is -0.810. The molecular weight excluding hydrogens is 304 g/mol. The summed E-state index contributed by atoms with van der Waals surface area (Å²) in [5.74, 6) is 0. The van der Waals surface area contributed by atoms with Gasteiger partial charge in [-0.25, -0.2) is 4.79 Å². The van der Waals surface area contributed by atoms with E-state index in [9.17, 15) is 4.79 Å². The normalized spacial score (nSPS) is 26.8. The lowest BCUT2D eigenvalue weighted by molar-refractivity contribution is -0.125. The highest BCUT2D eigenvalue weighted by Gasteiger charge is 2.50. The van der Waals surface area contributed by atoms with Crippen molar-refractivity contribution in [2.75, 3.05) is 26.2 Å². The van der Waals surface area contributed by atoms with Gasteiger partial charge in [-0.1, -0.05) is 13.8 Å². The van der Waals surface area contributed by atoms with Gasteiger partial charge in [0, 0.05) is 31.2 Å². The molecule has 1 saturated carbocycles.